The lowest BCUT2D eigenvalue weighted by Crippen LogP contribution is -2.54. The number of anilines is 1. The van der Waals surface area contributed by atoms with Gasteiger partial charge in [0, 0.05) is 6.20 Å². The summed E-state index contributed by atoms with van der Waals surface area (Å²) >= 11 is 0. The zero-order valence-corrected chi connectivity index (χ0v) is 26.8. The molecule has 2 rings (SSSR count). The second-order valence-electron chi connectivity index (χ2n) is 11.5. The predicted octanol–water partition coefficient (Wildman–Crippen LogP) is 4.43. The maximum atomic E-state index is 12.9. The van der Waals surface area contributed by atoms with Crippen LogP contribution in [0.25, 0.3) is 0 Å². The summed E-state index contributed by atoms with van der Waals surface area (Å²) < 4.78 is 28.6. The Morgan fingerprint density at radius 2 is 1.63 bits per heavy atom. The fourth-order valence-electron chi connectivity index (χ4n) is 4.92. The maximum Gasteiger partial charge on any atom is 0.351 e. The van der Waals surface area contributed by atoms with E-state index in [1.807, 2.05) is 0 Å². The summed E-state index contributed by atoms with van der Waals surface area (Å²) in [5.41, 5.74) is 4.77. The van der Waals surface area contributed by atoms with Gasteiger partial charge >= 0.3 is 5.69 Å². The fraction of sp³-hybridized carbons (Fsp3) is 0.833. The number of ether oxygens (including phenoxy) is 1. The Bertz CT molecular complexity index is 865. The Labute approximate surface area is 216 Å². The lowest BCUT2D eigenvalue weighted by atomic mass is 9.96. The van der Waals surface area contributed by atoms with E-state index in [9.17, 15) is 4.79 Å². The Kier molecular flexibility index (Phi) is 11.0. The average Bonchev–Trinajstić information content (AvgIpc) is 3.05. The molecule has 1 aromatic rings. The highest BCUT2D eigenvalue weighted by Crippen LogP contribution is 2.42. The van der Waals surface area contributed by atoms with E-state index in [-0.39, 0.29) is 18.0 Å². The van der Waals surface area contributed by atoms with Crippen LogP contribution in [0.5, 0.6) is 0 Å². The van der Waals surface area contributed by atoms with Crippen LogP contribution in [0, 0.1) is 0 Å². The summed E-state index contributed by atoms with van der Waals surface area (Å²) in [6, 6.07) is 4.80. The van der Waals surface area contributed by atoms with Gasteiger partial charge in [0.25, 0.3) is 0 Å². The van der Waals surface area contributed by atoms with Crippen molar-refractivity contribution in [2.75, 3.05) is 5.73 Å². The van der Waals surface area contributed by atoms with Gasteiger partial charge in [-0.1, -0.05) is 40.0 Å². The van der Waals surface area contributed by atoms with Gasteiger partial charge < -0.3 is 23.7 Å². The summed E-state index contributed by atoms with van der Waals surface area (Å²) in [6.45, 7) is 19.7. The number of aromatic nitrogens is 2. The zero-order chi connectivity index (χ0) is 26.4. The molecule has 4 atom stereocenters. The lowest BCUT2D eigenvalue weighted by molar-refractivity contribution is -0.110. The van der Waals surface area contributed by atoms with Crippen LogP contribution in [0.15, 0.2) is 17.1 Å². The third-order valence-electron chi connectivity index (χ3n) is 6.59. The van der Waals surface area contributed by atoms with Crippen molar-refractivity contribution >= 4 is 32.2 Å². The van der Waals surface area contributed by atoms with Crippen LogP contribution in [0.1, 0.15) is 60.1 Å². The highest BCUT2D eigenvalue weighted by atomic mass is 28.4. The molecule has 35 heavy (non-hydrogen) atoms. The van der Waals surface area contributed by atoms with Gasteiger partial charge in [-0.25, -0.2) is 4.79 Å². The van der Waals surface area contributed by atoms with Crippen LogP contribution >= 0.6 is 0 Å². The van der Waals surface area contributed by atoms with Crippen LogP contribution in [0.2, 0.25) is 44.3 Å². The summed E-state index contributed by atoms with van der Waals surface area (Å²) in [5.74, 6) is 0.192. The highest BCUT2D eigenvalue weighted by molar-refractivity contribution is 6.71. The second-order valence-corrected chi connectivity index (χ2v) is 21.4. The molecule has 0 spiro atoms. The fourth-order valence-corrected chi connectivity index (χ4v) is 10.7. The number of nitrogen functional groups attached to an aromatic ring is 1. The second kappa shape index (κ2) is 12.6. The first-order valence-electron chi connectivity index (χ1n) is 13.3. The van der Waals surface area contributed by atoms with Gasteiger partial charge in [-0.15, -0.1) is 0 Å². The molecule has 202 valence electrons. The van der Waals surface area contributed by atoms with Gasteiger partial charge in [0.1, 0.15) is 24.1 Å². The molecule has 8 nitrogen and oxygen atoms in total. The van der Waals surface area contributed by atoms with Crippen molar-refractivity contribution in [1.29, 1.82) is 0 Å². The molecule has 1 saturated heterocycles. The Hall–Kier alpha value is -0.829. The number of hydrogen-bond donors (Lipinski definition) is 1. The van der Waals surface area contributed by atoms with E-state index in [0.29, 0.717) is 0 Å². The van der Waals surface area contributed by atoms with Gasteiger partial charge in [-0.05, 0) is 64.2 Å². The van der Waals surface area contributed by atoms with E-state index in [1.165, 1.54) is 4.57 Å². The molecule has 1 aliphatic rings. The first-order chi connectivity index (χ1) is 16.3. The molecule has 2 heterocycles. The highest BCUT2D eigenvalue weighted by Gasteiger charge is 2.55. The lowest BCUT2D eigenvalue weighted by Gasteiger charge is -2.40. The average molecular weight is 544 g/mol. The van der Waals surface area contributed by atoms with Crippen LogP contribution in [0.4, 0.5) is 5.82 Å². The summed E-state index contributed by atoms with van der Waals surface area (Å²) in [7, 11) is -4.80. The van der Waals surface area contributed by atoms with E-state index in [2.05, 4.69) is 65.8 Å². The SMILES string of the molecule is CCC[SiH2]OC(C)(C)C1OC(n2ccc(N)nc2=O)C(O[Si](C)(C)CCC)C1O[Si](C)(C)CCC. The molecular formula is C24H49N3O5Si3. The topological polar surface area (TPSA) is 97.8 Å². The minimum atomic E-state index is -2.06. The number of hydrogen-bond acceptors (Lipinski definition) is 7. The van der Waals surface area contributed by atoms with E-state index in [1.54, 1.807) is 12.3 Å². The van der Waals surface area contributed by atoms with Crippen LogP contribution in [-0.2, 0) is 18.0 Å². The zero-order valence-electron chi connectivity index (χ0n) is 23.4. The van der Waals surface area contributed by atoms with E-state index in [0.717, 1.165) is 37.4 Å². The Balaban J connectivity index is 2.58. The van der Waals surface area contributed by atoms with Crippen molar-refractivity contribution in [3.63, 3.8) is 0 Å². The molecule has 0 amide bonds. The normalized spacial score (nSPS) is 24.0. The number of nitrogens with two attached hydrogens (primary N) is 1. The van der Waals surface area contributed by atoms with E-state index in [4.69, 9.17) is 23.7 Å². The van der Waals surface area contributed by atoms with Gasteiger partial charge in [0.2, 0.25) is 0 Å². The minimum absolute atomic E-state index is 0.192. The molecule has 0 saturated carbocycles. The third kappa shape index (κ3) is 8.34. The third-order valence-corrected chi connectivity index (χ3v) is 13.8. The smallest absolute Gasteiger partial charge is 0.351 e. The maximum absolute atomic E-state index is 12.9. The predicted molar refractivity (Wildman–Crippen MR) is 151 cm³/mol. The molecule has 1 fully saturated rings. The van der Waals surface area contributed by atoms with E-state index >= 15 is 0 Å². The molecule has 0 bridgehead atoms. The molecule has 0 aromatic carbocycles. The van der Waals surface area contributed by atoms with Crippen LogP contribution in [-0.4, -0.2) is 59.9 Å². The molecule has 4 unspecified atom stereocenters. The molecular weight excluding hydrogens is 495 g/mol. The quantitative estimate of drug-likeness (QED) is 0.274. The van der Waals surface area contributed by atoms with Crippen LogP contribution < -0.4 is 11.4 Å². The monoisotopic (exact) mass is 543 g/mol. The molecule has 11 heteroatoms. The first-order valence-corrected chi connectivity index (χ1v) is 21.1. The van der Waals surface area contributed by atoms with Gasteiger partial charge in [0.15, 0.2) is 32.6 Å². The summed E-state index contributed by atoms with van der Waals surface area (Å²) in [6.07, 6.45) is 3.08. The summed E-state index contributed by atoms with van der Waals surface area (Å²) in [5, 5.41) is 0. The van der Waals surface area contributed by atoms with Crippen molar-refractivity contribution in [1.82, 2.24) is 9.55 Å². The first kappa shape index (κ1) is 30.4. The number of nitrogens with zero attached hydrogens (tertiary/aromatic N) is 2. The van der Waals surface area contributed by atoms with Gasteiger partial charge in [0.05, 0.1) is 5.60 Å². The Morgan fingerprint density at radius 1 is 1.06 bits per heavy atom. The molecule has 1 aromatic heterocycles. The van der Waals surface area contributed by atoms with Gasteiger partial charge in [-0.2, -0.15) is 4.98 Å². The largest absolute Gasteiger partial charge is 0.416 e. The van der Waals surface area contributed by atoms with Crippen molar-refractivity contribution in [3.8, 4) is 0 Å². The van der Waals surface area contributed by atoms with Crippen LogP contribution in [0.3, 0.4) is 0 Å². The standard InChI is InChI=1S/C24H49N3O5Si3/c1-10-15-33-32-24(4,5)21-19(30-34(6,7)16-11-2)20(31-35(8,9)17-12-3)22(29-21)27-14-13-18(25)26-23(27)28/h13-14,19-22H,10-12,15-17,33H2,1-9H3,(H2,25,26,28). The van der Waals surface area contributed by atoms with E-state index < -0.39 is 50.0 Å². The Morgan fingerprint density at radius 3 is 2.14 bits per heavy atom. The van der Waals surface area contributed by atoms with Crippen molar-refractivity contribution in [2.24, 2.45) is 0 Å². The minimum Gasteiger partial charge on any atom is -0.416 e. The molecule has 2 N–H and O–H groups in total. The molecule has 1 aliphatic heterocycles. The molecule has 0 radical (unpaired) electrons. The van der Waals surface area contributed by atoms with Crippen molar-refractivity contribution in [3.05, 3.63) is 22.7 Å². The van der Waals surface area contributed by atoms with Crippen molar-refractivity contribution < 1.29 is 18.0 Å². The van der Waals surface area contributed by atoms with Gasteiger partial charge in [-0.3, -0.25) is 4.57 Å². The van der Waals surface area contributed by atoms with Crippen molar-refractivity contribution in [2.45, 2.75) is 128 Å². The summed E-state index contributed by atoms with van der Waals surface area (Å²) in [4.78, 5) is 16.9. The number of rotatable bonds is 14. The molecule has 0 aliphatic carbocycles.